The van der Waals surface area contributed by atoms with Gasteiger partial charge in [-0.05, 0) is 47.2 Å². The van der Waals surface area contributed by atoms with E-state index in [4.69, 9.17) is 25.8 Å². The van der Waals surface area contributed by atoms with Crippen LogP contribution >= 0.6 is 11.6 Å². The van der Waals surface area contributed by atoms with Gasteiger partial charge in [0.25, 0.3) is 0 Å². The third-order valence-electron chi connectivity index (χ3n) is 9.19. The van der Waals surface area contributed by atoms with Gasteiger partial charge in [-0.15, -0.1) is 0 Å². The van der Waals surface area contributed by atoms with Gasteiger partial charge in [0.05, 0.1) is 30.7 Å². The Morgan fingerprint density at radius 2 is 1.55 bits per heavy atom. The van der Waals surface area contributed by atoms with Gasteiger partial charge < -0.3 is 30.2 Å². The van der Waals surface area contributed by atoms with Crippen LogP contribution in [0, 0.1) is 11.8 Å². The smallest absolute Gasteiger partial charge is 0.328 e. The molecule has 0 bridgehead atoms. The molecular formula is C40H46ClN3O7. The van der Waals surface area contributed by atoms with E-state index >= 15 is 0 Å². The van der Waals surface area contributed by atoms with Crippen LogP contribution in [0.5, 0.6) is 5.75 Å². The van der Waals surface area contributed by atoms with Crippen molar-refractivity contribution in [3.63, 3.8) is 0 Å². The van der Waals surface area contributed by atoms with Crippen LogP contribution in [0.2, 0.25) is 5.02 Å². The van der Waals surface area contributed by atoms with Crippen molar-refractivity contribution >= 4 is 35.3 Å². The van der Waals surface area contributed by atoms with Gasteiger partial charge in [-0.3, -0.25) is 14.4 Å². The van der Waals surface area contributed by atoms with Crippen molar-refractivity contribution in [1.29, 1.82) is 0 Å². The number of cyclic esters (lactones) is 1. The molecule has 3 aromatic rings. The molecule has 270 valence electrons. The Kier molecular flexibility index (Phi) is 12.9. The minimum atomic E-state index is -1.01. The number of carbonyl (C=O) groups excluding carboxylic acids is 4. The third-order valence-corrected chi connectivity index (χ3v) is 9.48. The van der Waals surface area contributed by atoms with E-state index in [1.54, 1.807) is 24.3 Å². The molecule has 0 aliphatic carbocycles. The van der Waals surface area contributed by atoms with Crippen LogP contribution in [-0.4, -0.2) is 55.1 Å². The van der Waals surface area contributed by atoms with E-state index in [1.165, 1.54) is 13.2 Å². The molecule has 1 fully saturated rings. The van der Waals surface area contributed by atoms with Gasteiger partial charge in [-0.2, -0.15) is 0 Å². The lowest BCUT2D eigenvalue weighted by Gasteiger charge is -2.28. The van der Waals surface area contributed by atoms with Crippen LogP contribution in [-0.2, 0) is 35.1 Å². The Bertz CT molecular complexity index is 1700. The van der Waals surface area contributed by atoms with E-state index < -0.39 is 47.9 Å². The molecule has 0 radical (unpaired) electrons. The number of hydrogen-bond donors (Lipinski definition) is 3. The van der Waals surface area contributed by atoms with Crippen molar-refractivity contribution in [2.24, 2.45) is 11.8 Å². The van der Waals surface area contributed by atoms with E-state index in [0.29, 0.717) is 28.3 Å². The fourth-order valence-corrected chi connectivity index (χ4v) is 6.67. The average Bonchev–Trinajstić information content (AvgIpc) is 3.91. The highest BCUT2D eigenvalue weighted by atomic mass is 35.5. The van der Waals surface area contributed by atoms with Gasteiger partial charge >= 0.3 is 5.97 Å². The highest BCUT2D eigenvalue weighted by Gasteiger charge is 2.47. The van der Waals surface area contributed by atoms with Crippen LogP contribution in [0.15, 0.2) is 91.0 Å². The largest absolute Gasteiger partial charge is 0.495 e. The number of carbonyl (C=O) groups is 4. The molecule has 3 amide bonds. The predicted molar refractivity (Wildman–Crippen MR) is 194 cm³/mol. The molecular weight excluding hydrogens is 670 g/mol. The maximum Gasteiger partial charge on any atom is 0.328 e. The number of amides is 3. The molecule has 7 atom stereocenters. The number of hydrogen-bond acceptors (Lipinski definition) is 7. The molecule has 2 heterocycles. The predicted octanol–water partition coefficient (Wildman–Crippen LogP) is 5.80. The number of rotatable bonds is 9. The Balaban J connectivity index is 1.45. The molecule has 10 nitrogen and oxygen atoms in total. The second kappa shape index (κ2) is 17.5. The summed E-state index contributed by atoms with van der Waals surface area (Å²) in [6.07, 6.45) is 2.53. The summed E-state index contributed by atoms with van der Waals surface area (Å²) in [5.74, 6) is -1.66. The van der Waals surface area contributed by atoms with Gasteiger partial charge in [-0.25, -0.2) is 4.79 Å². The van der Waals surface area contributed by atoms with Crippen molar-refractivity contribution in [2.45, 2.75) is 82.9 Å². The number of esters is 1. The number of ether oxygens (including phenoxy) is 3. The maximum atomic E-state index is 14.0. The van der Waals surface area contributed by atoms with Crippen LogP contribution in [0.1, 0.15) is 68.9 Å². The van der Waals surface area contributed by atoms with Crippen molar-refractivity contribution in [3.8, 4) is 5.75 Å². The number of nitrogens with one attached hydrogen (secondary N) is 3. The molecule has 0 aromatic heterocycles. The molecule has 5 rings (SSSR count). The Morgan fingerprint density at radius 3 is 2.20 bits per heavy atom. The zero-order valence-electron chi connectivity index (χ0n) is 29.3. The quantitative estimate of drug-likeness (QED) is 0.188. The summed E-state index contributed by atoms with van der Waals surface area (Å²) in [6, 6.07) is 21.4. The van der Waals surface area contributed by atoms with E-state index in [-0.39, 0.29) is 43.3 Å². The van der Waals surface area contributed by atoms with Gasteiger partial charge in [0.2, 0.25) is 17.7 Å². The molecule has 11 heteroatoms. The summed E-state index contributed by atoms with van der Waals surface area (Å²) in [5, 5.41) is 9.07. The molecule has 2 aliphatic heterocycles. The van der Waals surface area contributed by atoms with Crippen LogP contribution in [0.4, 0.5) is 0 Å². The summed E-state index contributed by atoms with van der Waals surface area (Å²) in [6.45, 7) is 5.88. The van der Waals surface area contributed by atoms with Gasteiger partial charge in [0.15, 0.2) is 0 Å². The standard InChI is InChI=1S/C40H46ClN3O7/c1-24(2)20-32-40(48)50-33(25(3)37-38(51-37)28-14-9-6-10-15-28)16-11-17-35(45)42-31(22-26-18-19-34(49-4)29(41)21-26)39(47)44-30(23-36(46)43-32)27-12-7-5-8-13-27/h5-15,17-19,21,24-25,30-33,37-38H,16,20,22-23H2,1-4H3,(H,42,45)(H,43,46)(H,44,47)/b17-11+/t25-,30?,31+,32-,33-,37?,38?/m0/s1. The summed E-state index contributed by atoms with van der Waals surface area (Å²) in [4.78, 5) is 54.8. The van der Waals surface area contributed by atoms with Gasteiger partial charge in [-0.1, -0.05) is 105 Å². The lowest BCUT2D eigenvalue weighted by atomic mass is 9.93. The number of halogens is 1. The first-order valence-electron chi connectivity index (χ1n) is 17.4. The second-order valence-corrected chi connectivity index (χ2v) is 14.0. The Hall–Kier alpha value is -4.67. The summed E-state index contributed by atoms with van der Waals surface area (Å²) in [5.41, 5.74) is 2.42. The second-order valence-electron chi connectivity index (χ2n) is 13.6. The van der Waals surface area contributed by atoms with Crippen LogP contribution in [0.3, 0.4) is 0 Å². The zero-order chi connectivity index (χ0) is 36.5. The lowest BCUT2D eigenvalue weighted by molar-refractivity contribution is -0.156. The molecule has 3 aromatic carbocycles. The zero-order valence-corrected chi connectivity index (χ0v) is 30.1. The molecule has 51 heavy (non-hydrogen) atoms. The number of methoxy groups -OCH3 is 1. The third kappa shape index (κ3) is 10.4. The molecule has 2 aliphatic rings. The topological polar surface area (TPSA) is 135 Å². The normalized spacial score (nSPS) is 25.9. The first-order valence-corrected chi connectivity index (χ1v) is 17.7. The number of epoxide rings is 1. The van der Waals surface area contributed by atoms with Crippen LogP contribution < -0.4 is 20.7 Å². The van der Waals surface area contributed by atoms with E-state index in [0.717, 1.165) is 5.56 Å². The van der Waals surface area contributed by atoms with E-state index in [1.807, 2.05) is 81.4 Å². The lowest BCUT2D eigenvalue weighted by Crippen LogP contribution is -2.50. The maximum absolute atomic E-state index is 14.0. The SMILES string of the molecule is COc1ccc(C[C@H]2NC(=O)/C=C/C[C@@H]([C@H](C)C3OC3c3ccccc3)OC(=O)[C@H](CC(C)C)NC(=O)CC(c3ccccc3)NC2=O)cc1Cl. The summed E-state index contributed by atoms with van der Waals surface area (Å²) >= 11 is 6.39. The minimum absolute atomic E-state index is 0.0685. The molecule has 0 saturated carbocycles. The van der Waals surface area contributed by atoms with Crippen LogP contribution in [0.25, 0.3) is 0 Å². The molecule has 3 N–H and O–H groups in total. The van der Waals surface area contributed by atoms with Gasteiger partial charge in [0.1, 0.15) is 30.0 Å². The summed E-state index contributed by atoms with van der Waals surface area (Å²) in [7, 11) is 1.51. The van der Waals surface area contributed by atoms with Crippen molar-refractivity contribution in [3.05, 3.63) is 113 Å². The monoisotopic (exact) mass is 715 g/mol. The molecule has 3 unspecified atom stereocenters. The fraction of sp³-hybridized carbons (Fsp3) is 0.400. The van der Waals surface area contributed by atoms with Crippen molar-refractivity contribution in [1.82, 2.24) is 16.0 Å². The summed E-state index contributed by atoms with van der Waals surface area (Å²) < 4.78 is 17.5. The van der Waals surface area contributed by atoms with E-state index in [9.17, 15) is 19.2 Å². The number of benzene rings is 3. The average molecular weight is 716 g/mol. The van der Waals surface area contributed by atoms with Crippen molar-refractivity contribution < 1.29 is 33.4 Å². The Morgan fingerprint density at radius 1 is 0.863 bits per heavy atom. The first kappa shape index (κ1) is 37.6. The van der Waals surface area contributed by atoms with Crippen molar-refractivity contribution in [2.75, 3.05) is 7.11 Å². The van der Waals surface area contributed by atoms with Gasteiger partial charge in [0, 0.05) is 18.8 Å². The highest BCUT2D eigenvalue weighted by molar-refractivity contribution is 6.32. The minimum Gasteiger partial charge on any atom is -0.495 e. The van der Waals surface area contributed by atoms with E-state index in [2.05, 4.69) is 16.0 Å². The highest BCUT2D eigenvalue weighted by Crippen LogP contribution is 2.45. The molecule has 1 saturated heterocycles. The first-order chi connectivity index (χ1) is 24.5. The Labute approximate surface area is 304 Å². The molecule has 0 spiro atoms. The fourth-order valence-electron chi connectivity index (χ4n) is 6.39.